The fourth-order valence-electron chi connectivity index (χ4n) is 4.70. The summed E-state index contributed by atoms with van der Waals surface area (Å²) in [4.78, 5) is 0. The summed E-state index contributed by atoms with van der Waals surface area (Å²) in [6, 6.07) is 10.3. The first-order valence-electron chi connectivity index (χ1n) is 14.9. The van der Waals surface area contributed by atoms with E-state index in [9.17, 15) is 8.78 Å². The first-order valence-corrected chi connectivity index (χ1v) is 14.9. The van der Waals surface area contributed by atoms with E-state index in [1.165, 1.54) is 49.6 Å². The van der Waals surface area contributed by atoms with Crippen molar-refractivity contribution in [2.45, 2.75) is 99.0 Å². The van der Waals surface area contributed by atoms with E-state index in [2.05, 4.69) is 48.5 Å². The number of unbranched alkanes of at least 4 members (excludes halogenated alkanes) is 6. The Bertz CT molecular complexity index is 881. The van der Waals surface area contributed by atoms with E-state index >= 15 is 0 Å². The molecule has 0 heterocycles. The lowest BCUT2D eigenvalue weighted by molar-refractivity contribution is -0.950. The van der Waals surface area contributed by atoms with Crippen LogP contribution in [0.15, 0.2) is 42.5 Å². The summed E-state index contributed by atoms with van der Waals surface area (Å²) in [6.07, 6.45) is 9.29. The molecule has 39 heavy (non-hydrogen) atoms. The number of halogens is 2. The Morgan fingerprint density at radius 1 is 0.769 bits per heavy atom. The van der Waals surface area contributed by atoms with Crippen molar-refractivity contribution in [2.24, 2.45) is 0 Å². The molecule has 7 heteroatoms. The van der Waals surface area contributed by atoms with E-state index < -0.39 is 7.32 Å². The molecule has 0 aliphatic heterocycles. The Morgan fingerprint density at radius 3 is 1.90 bits per heavy atom. The highest BCUT2D eigenvalue weighted by Crippen LogP contribution is 2.35. The molecular weight excluding hydrogens is 495 g/mol. The summed E-state index contributed by atoms with van der Waals surface area (Å²) >= 11 is 0. The van der Waals surface area contributed by atoms with Gasteiger partial charge < -0.3 is 25.4 Å². The van der Waals surface area contributed by atoms with Crippen LogP contribution in [0.3, 0.4) is 0 Å². The molecule has 0 spiro atoms. The van der Waals surface area contributed by atoms with Crippen LogP contribution in [-0.2, 0) is 4.65 Å². The van der Waals surface area contributed by atoms with Gasteiger partial charge >= 0.3 is 7.32 Å². The van der Waals surface area contributed by atoms with Crippen LogP contribution in [0.2, 0.25) is 0 Å². The molecule has 0 aromatic heterocycles. The molecule has 220 valence electrons. The van der Waals surface area contributed by atoms with Gasteiger partial charge in [0.25, 0.3) is 0 Å². The van der Waals surface area contributed by atoms with Gasteiger partial charge in [-0.2, -0.15) is 6.42 Å². The monoisotopic (exact) mass is 547 g/mol. The Labute approximate surface area is 237 Å². The van der Waals surface area contributed by atoms with Crippen molar-refractivity contribution in [1.29, 1.82) is 0 Å². The SMILES string of the molecule is CCCCCCOB(Oc1ccc(F)cc1)Oc1ccc(F)cc1C(C)[N+](CC)(CC)CC.[CH2-]CCCCC. The summed E-state index contributed by atoms with van der Waals surface area (Å²) in [5.41, 5.74) is 0.780. The third kappa shape index (κ3) is 12.3. The van der Waals surface area contributed by atoms with Gasteiger partial charge in [-0.15, -0.1) is 0 Å². The van der Waals surface area contributed by atoms with Crippen LogP contribution in [0, 0.1) is 18.6 Å². The van der Waals surface area contributed by atoms with Crippen molar-refractivity contribution < 1.29 is 27.2 Å². The van der Waals surface area contributed by atoms with Crippen molar-refractivity contribution >= 4 is 7.32 Å². The van der Waals surface area contributed by atoms with Gasteiger partial charge in [0, 0.05) is 6.61 Å². The molecule has 0 N–H and O–H groups in total. The van der Waals surface area contributed by atoms with Crippen LogP contribution < -0.4 is 9.31 Å². The van der Waals surface area contributed by atoms with E-state index in [0.29, 0.717) is 18.1 Å². The Morgan fingerprint density at radius 2 is 1.36 bits per heavy atom. The van der Waals surface area contributed by atoms with E-state index in [0.717, 1.165) is 61.8 Å². The van der Waals surface area contributed by atoms with E-state index in [-0.39, 0.29) is 17.7 Å². The van der Waals surface area contributed by atoms with Crippen molar-refractivity contribution in [1.82, 2.24) is 0 Å². The lowest BCUT2D eigenvalue weighted by Gasteiger charge is -2.42. The van der Waals surface area contributed by atoms with Gasteiger partial charge in [0.05, 0.1) is 25.2 Å². The van der Waals surface area contributed by atoms with Crippen molar-refractivity contribution in [3.8, 4) is 11.5 Å². The average molecular weight is 548 g/mol. The number of benzene rings is 2. The average Bonchev–Trinajstić information content (AvgIpc) is 2.95. The summed E-state index contributed by atoms with van der Waals surface area (Å²) in [5, 5.41) is 0. The zero-order valence-corrected chi connectivity index (χ0v) is 25.3. The second-order valence-electron chi connectivity index (χ2n) is 10.00. The second-order valence-corrected chi connectivity index (χ2v) is 10.00. The number of hydrogen-bond acceptors (Lipinski definition) is 3. The highest BCUT2D eigenvalue weighted by atomic mass is 19.1. The lowest BCUT2D eigenvalue weighted by atomic mass is 10.0. The quantitative estimate of drug-likeness (QED) is 0.0806. The maximum absolute atomic E-state index is 14.3. The third-order valence-electron chi connectivity index (χ3n) is 7.51. The number of nitrogens with zero attached hydrogens (tertiary/aromatic N) is 1. The molecule has 0 aliphatic rings. The van der Waals surface area contributed by atoms with Gasteiger partial charge in [-0.05, 0) is 76.6 Å². The minimum absolute atomic E-state index is 0.0201. The van der Waals surface area contributed by atoms with Gasteiger partial charge in [0.2, 0.25) is 0 Å². The van der Waals surface area contributed by atoms with Gasteiger partial charge in [-0.1, -0.05) is 52.4 Å². The highest BCUT2D eigenvalue weighted by Gasteiger charge is 2.35. The van der Waals surface area contributed by atoms with Crippen molar-refractivity contribution in [3.05, 3.63) is 66.6 Å². The molecule has 0 radical (unpaired) electrons. The molecule has 1 unspecified atom stereocenters. The summed E-state index contributed by atoms with van der Waals surface area (Å²) < 4.78 is 46.4. The maximum Gasteiger partial charge on any atom is 0.788 e. The largest absolute Gasteiger partial charge is 0.788 e. The Balaban J connectivity index is 0.00000113. The molecule has 2 rings (SSSR count). The van der Waals surface area contributed by atoms with Crippen LogP contribution in [0.4, 0.5) is 8.78 Å². The van der Waals surface area contributed by atoms with Crippen LogP contribution in [0.25, 0.3) is 0 Å². The van der Waals surface area contributed by atoms with Crippen LogP contribution in [0.5, 0.6) is 11.5 Å². The maximum atomic E-state index is 14.3. The first kappa shape index (κ1) is 34.9. The predicted molar refractivity (Wildman–Crippen MR) is 160 cm³/mol. The molecule has 0 saturated heterocycles. The minimum atomic E-state index is -1.03. The second kappa shape index (κ2) is 19.9. The van der Waals surface area contributed by atoms with Crippen molar-refractivity contribution in [3.63, 3.8) is 0 Å². The van der Waals surface area contributed by atoms with Gasteiger partial charge in [-0.3, -0.25) is 0 Å². The molecule has 2 aromatic rings. The van der Waals surface area contributed by atoms with Gasteiger partial charge in [-0.25, -0.2) is 8.78 Å². The normalized spacial score (nSPS) is 11.9. The Kier molecular flexibility index (Phi) is 17.8. The van der Waals surface area contributed by atoms with Gasteiger partial charge in [0.1, 0.15) is 29.2 Å². The van der Waals surface area contributed by atoms with Crippen LogP contribution in [-0.4, -0.2) is 38.0 Å². The van der Waals surface area contributed by atoms with E-state index in [4.69, 9.17) is 14.0 Å². The highest BCUT2D eigenvalue weighted by molar-refractivity contribution is 6.38. The molecule has 0 aliphatic carbocycles. The van der Waals surface area contributed by atoms with E-state index in [1.807, 2.05) is 0 Å². The minimum Gasteiger partial charge on any atom is -0.501 e. The number of hydrogen-bond donors (Lipinski definition) is 0. The molecule has 1 atom stereocenters. The molecule has 0 fully saturated rings. The number of rotatable bonds is 18. The summed E-state index contributed by atoms with van der Waals surface area (Å²) in [6.45, 7) is 19.9. The number of quaternary nitrogens is 1. The van der Waals surface area contributed by atoms with Gasteiger partial charge in [0.15, 0.2) is 0 Å². The third-order valence-corrected chi connectivity index (χ3v) is 7.51. The topological polar surface area (TPSA) is 27.7 Å². The zero-order valence-electron chi connectivity index (χ0n) is 25.3. The fourth-order valence-corrected chi connectivity index (χ4v) is 4.70. The fraction of sp³-hybridized carbons (Fsp3) is 0.594. The molecule has 0 saturated carbocycles. The summed E-state index contributed by atoms with van der Waals surface area (Å²) in [5.74, 6) is 0.319. The smallest absolute Gasteiger partial charge is 0.501 e. The summed E-state index contributed by atoms with van der Waals surface area (Å²) in [7, 11) is -1.03. The van der Waals surface area contributed by atoms with Crippen molar-refractivity contribution in [2.75, 3.05) is 26.2 Å². The zero-order chi connectivity index (χ0) is 29.1. The molecule has 2 aromatic carbocycles. The molecule has 0 bridgehead atoms. The molecular formula is C32H52BF2NO3. The molecule has 0 amide bonds. The lowest BCUT2D eigenvalue weighted by Crippen LogP contribution is -2.49. The van der Waals surface area contributed by atoms with E-state index in [1.54, 1.807) is 12.1 Å². The Hall–Kier alpha value is -2.12. The van der Waals surface area contributed by atoms with Crippen LogP contribution in [0.1, 0.15) is 105 Å². The first-order chi connectivity index (χ1) is 18.8. The molecule has 4 nitrogen and oxygen atoms in total. The standard InChI is InChI=1S/C26H39BF2NO3.C6H13/c1-6-10-11-12-19-31-27(32-24-16-13-22(28)14-17-24)33-26-18-15-23(29)20-25(26)21(5)30(7-2,8-3)9-4;1-3-5-6-4-2/h13-18,20-21H,6-12,19H2,1-5H3;1,3-6H2,2H3/q+1;-1. The predicted octanol–water partition coefficient (Wildman–Crippen LogP) is 9.34. The van der Waals surface area contributed by atoms with Crippen LogP contribution >= 0.6 is 0 Å².